The second kappa shape index (κ2) is 4.01. The number of nitrogens with one attached hydrogen (secondary N) is 2. The number of aromatic amines is 2. The molecular formula is C18H16N2. The van der Waals surface area contributed by atoms with E-state index < -0.39 is 0 Å². The Hall–Kier alpha value is -2.48. The minimum absolute atomic E-state index is 1.19. The minimum Gasteiger partial charge on any atom is -0.358 e. The third-order valence-corrected chi connectivity index (χ3v) is 4.11. The molecule has 2 nitrogen and oxygen atoms in total. The first-order valence-corrected chi connectivity index (χ1v) is 6.90. The minimum atomic E-state index is 1.19. The Balaban J connectivity index is 2.11. The second-order valence-electron chi connectivity index (χ2n) is 5.34. The van der Waals surface area contributed by atoms with E-state index in [1.165, 1.54) is 44.3 Å². The highest BCUT2D eigenvalue weighted by Crippen LogP contribution is 2.36. The normalized spacial score (nSPS) is 11.5. The highest BCUT2D eigenvalue weighted by atomic mass is 14.8. The van der Waals surface area contributed by atoms with Crippen molar-refractivity contribution in [1.29, 1.82) is 0 Å². The standard InChI is InChI=1S/C18H16N2/c1-11-13-7-3-5-9-15(13)20-18(11)17-12(2)19-16-10-6-4-8-14(16)17/h3-10,19-20H,1-2H3. The van der Waals surface area contributed by atoms with Gasteiger partial charge in [-0.2, -0.15) is 0 Å². The zero-order valence-corrected chi connectivity index (χ0v) is 11.6. The summed E-state index contributed by atoms with van der Waals surface area (Å²) in [5.41, 5.74) is 7.42. The third kappa shape index (κ3) is 1.45. The largest absolute Gasteiger partial charge is 0.358 e. The molecule has 2 heteroatoms. The molecule has 0 spiro atoms. The van der Waals surface area contributed by atoms with Crippen LogP contribution in [0, 0.1) is 13.8 Å². The van der Waals surface area contributed by atoms with E-state index in [0.717, 1.165) is 0 Å². The van der Waals surface area contributed by atoms with Crippen molar-refractivity contribution in [3.05, 3.63) is 59.8 Å². The molecule has 0 radical (unpaired) electrons. The van der Waals surface area contributed by atoms with Gasteiger partial charge in [0.2, 0.25) is 0 Å². The zero-order chi connectivity index (χ0) is 13.7. The van der Waals surface area contributed by atoms with Gasteiger partial charge in [0.1, 0.15) is 0 Å². The van der Waals surface area contributed by atoms with Crippen LogP contribution in [0.5, 0.6) is 0 Å². The molecule has 2 aromatic heterocycles. The van der Waals surface area contributed by atoms with Crippen LogP contribution in [0.1, 0.15) is 11.3 Å². The zero-order valence-electron chi connectivity index (χ0n) is 11.6. The van der Waals surface area contributed by atoms with Crippen molar-refractivity contribution < 1.29 is 0 Å². The molecule has 0 aliphatic heterocycles. The van der Waals surface area contributed by atoms with E-state index in [2.05, 4.69) is 72.3 Å². The van der Waals surface area contributed by atoms with E-state index in [9.17, 15) is 0 Å². The van der Waals surface area contributed by atoms with E-state index in [4.69, 9.17) is 0 Å². The van der Waals surface area contributed by atoms with E-state index in [-0.39, 0.29) is 0 Å². The first-order chi connectivity index (χ1) is 9.75. The first-order valence-electron chi connectivity index (χ1n) is 6.90. The predicted molar refractivity (Wildman–Crippen MR) is 85.1 cm³/mol. The Morgan fingerprint density at radius 1 is 0.700 bits per heavy atom. The van der Waals surface area contributed by atoms with Crippen LogP contribution in [-0.4, -0.2) is 9.97 Å². The van der Waals surface area contributed by atoms with Crippen LogP contribution < -0.4 is 0 Å². The molecule has 20 heavy (non-hydrogen) atoms. The van der Waals surface area contributed by atoms with Gasteiger partial charge in [-0.1, -0.05) is 36.4 Å². The number of H-pyrrole nitrogens is 2. The number of hydrogen-bond acceptors (Lipinski definition) is 0. The fraction of sp³-hybridized carbons (Fsp3) is 0.111. The summed E-state index contributed by atoms with van der Waals surface area (Å²) in [6.45, 7) is 4.33. The maximum atomic E-state index is 3.58. The van der Waals surface area contributed by atoms with Gasteiger partial charge in [0.25, 0.3) is 0 Å². The molecule has 0 unspecified atom stereocenters. The van der Waals surface area contributed by atoms with Crippen molar-refractivity contribution in [1.82, 2.24) is 9.97 Å². The fourth-order valence-corrected chi connectivity index (χ4v) is 3.13. The molecule has 0 saturated carbocycles. The van der Waals surface area contributed by atoms with Crippen LogP contribution >= 0.6 is 0 Å². The molecule has 0 amide bonds. The molecule has 4 aromatic rings. The summed E-state index contributed by atoms with van der Waals surface area (Å²) in [5.74, 6) is 0. The molecule has 0 saturated heterocycles. The number of aryl methyl sites for hydroxylation is 2. The Bertz CT molecular complexity index is 925. The van der Waals surface area contributed by atoms with E-state index in [1.54, 1.807) is 0 Å². The Labute approximate surface area is 117 Å². The molecular weight excluding hydrogens is 244 g/mol. The fourth-order valence-electron chi connectivity index (χ4n) is 3.13. The lowest BCUT2D eigenvalue weighted by molar-refractivity contribution is 1.28. The van der Waals surface area contributed by atoms with Gasteiger partial charge in [-0.05, 0) is 31.5 Å². The number of hydrogen-bond donors (Lipinski definition) is 2. The summed E-state index contributed by atoms with van der Waals surface area (Å²) in [6, 6.07) is 16.9. The van der Waals surface area contributed by atoms with Crippen molar-refractivity contribution in [3.8, 4) is 11.3 Å². The summed E-state index contributed by atoms with van der Waals surface area (Å²) in [5, 5.41) is 2.58. The summed E-state index contributed by atoms with van der Waals surface area (Å²) >= 11 is 0. The highest BCUT2D eigenvalue weighted by Gasteiger charge is 2.15. The van der Waals surface area contributed by atoms with Crippen molar-refractivity contribution in [2.45, 2.75) is 13.8 Å². The van der Waals surface area contributed by atoms with Gasteiger partial charge in [0.15, 0.2) is 0 Å². The third-order valence-electron chi connectivity index (χ3n) is 4.11. The van der Waals surface area contributed by atoms with E-state index in [1.807, 2.05) is 0 Å². The van der Waals surface area contributed by atoms with Gasteiger partial charge in [-0.25, -0.2) is 0 Å². The second-order valence-corrected chi connectivity index (χ2v) is 5.34. The molecule has 2 N–H and O–H groups in total. The summed E-state index contributed by atoms with van der Waals surface area (Å²) in [6.07, 6.45) is 0. The molecule has 0 atom stereocenters. The lowest BCUT2D eigenvalue weighted by Gasteiger charge is -2.01. The lowest BCUT2D eigenvalue weighted by atomic mass is 10.0. The van der Waals surface area contributed by atoms with Gasteiger partial charge < -0.3 is 9.97 Å². The Morgan fingerprint density at radius 2 is 1.30 bits per heavy atom. The van der Waals surface area contributed by atoms with Crippen LogP contribution in [0.2, 0.25) is 0 Å². The number of para-hydroxylation sites is 2. The van der Waals surface area contributed by atoms with Crippen molar-refractivity contribution in [2.75, 3.05) is 0 Å². The summed E-state index contributed by atoms with van der Waals surface area (Å²) < 4.78 is 0. The van der Waals surface area contributed by atoms with Gasteiger partial charge in [-0.3, -0.25) is 0 Å². The van der Waals surface area contributed by atoms with Crippen molar-refractivity contribution in [2.24, 2.45) is 0 Å². The molecule has 2 aromatic carbocycles. The highest BCUT2D eigenvalue weighted by molar-refractivity contribution is 6.01. The maximum absolute atomic E-state index is 3.58. The first kappa shape index (κ1) is 11.4. The number of rotatable bonds is 1. The van der Waals surface area contributed by atoms with Gasteiger partial charge in [0, 0.05) is 33.1 Å². The van der Waals surface area contributed by atoms with E-state index in [0.29, 0.717) is 0 Å². The predicted octanol–water partition coefficient (Wildman–Crippen LogP) is 4.93. The lowest BCUT2D eigenvalue weighted by Crippen LogP contribution is -1.82. The van der Waals surface area contributed by atoms with Crippen LogP contribution in [0.25, 0.3) is 33.1 Å². The Kier molecular flexibility index (Phi) is 2.27. The number of aromatic nitrogens is 2. The molecule has 0 fully saturated rings. The maximum Gasteiger partial charge on any atom is 0.0518 e. The molecule has 0 bridgehead atoms. The number of fused-ring (bicyclic) bond motifs is 2. The van der Waals surface area contributed by atoms with Gasteiger partial charge in [0.05, 0.1) is 5.69 Å². The average Bonchev–Trinajstić information content (AvgIpc) is 2.96. The van der Waals surface area contributed by atoms with Crippen molar-refractivity contribution >= 4 is 21.8 Å². The molecule has 4 rings (SSSR count). The van der Waals surface area contributed by atoms with Crippen molar-refractivity contribution in [3.63, 3.8) is 0 Å². The quantitative estimate of drug-likeness (QED) is 0.486. The van der Waals surface area contributed by atoms with E-state index >= 15 is 0 Å². The topological polar surface area (TPSA) is 31.6 Å². The summed E-state index contributed by atoms with van der Waals surface area (Å²) in [4.78, 5) is 7.06. The van der Waals surface area contributed by atoms with Crippen LogP contribution in [-0.2, 0) is 0 Å². The SMILES string of the molecule is Cc1[nH]c2ccccc2c1-c1[nH]c2ccccc2c1C. The Morgan fingerprint density at radius 3 is 2.00 bits per heavy atom. The molecule has 2 heterocycles. The van der Waals surface area contributed by atoms with Gasteiger partial charge >= 0.3 is 0 Å². The average molecular weight is 260 g/mol. The number of benzene rings is 2. The van der Waals surface area contributed by atoms with Gasteiger partial charge in [-0.15, -0.1) is 0 Å². The molecule has 0 aliphatic rings. The smallest absolute Gasteiger partial charge is 0.0518 e. The van der Waals surface area contributed by atoms with Crippen LogP contribution in [0.15, 0.2) is 48.5 Å². The molecule has 0 aliphatic carbocycles. The molecule has 98 valence electrons. The van der Waals surface area contributed by atoms with Crippen LogP contribution in [0.3, 0.4) is 0 Å². The monoisotopic (exact) mass is 260 g/mol. The van der Waals surface area contributed by atoms with Crippen LogP contribution in [0.4, 0.5) is 0 Å². The summed E-state index contributed by atoms with van der Waals surface area (Å²) in [7, 11) is 0.